The minimum absolute atomic E-state index is 0.396. The molecule has 1 aromatic rings. The second-order valence-corrected chi connectivity index (χ2v) is 3.62. The summed E-state index contributed by atoms with van der Waals surface area (Å²) in [5, 5.41) is 0. The topological polar surface area (TPSA) is 0 Å². The number of hydrogen-bond acceptors (Lipinski definition) is 0. The molecule has 0 heterocycles. The summed E-state index contributed by atoms with van der Waals surface area (Å²) in [6, 6.07) is 6.55. The summed E-state index contributed by atoms with van der Waals surface area (Å²) < 4.78 is 0. The molecule has 52 valence electrons. The van der Waals surface area contributed by atoms with Crippen molar-refractivity contribution < 1.29 is 0 Å². The van der Waals surface area contributed by atoms with Gasteiger partial charge in [0.25, 0.3) is 0 Å². The van der Waals surface area contributed by atoms with Crippen molar-refractivity contribution in [1.29, 1.82) is 0 Å². The van der Waals surface area contributed by atoms with Crippen molar-refractivity contribution in [2.75, 3.05) is 0 Å². The van der Waals surface area contributed by atoms with E-state index in [4.69, 9.17) is 0 Å². The molecule has 1 aliphatic carbocycles. The summed E-state index contributed by atoms with van der Waals surface area (Å²) in [6.07, 6.45) is 0. The summed E-state index contributed by atoms with van der Waals surface area (Å²) in [4.78, 5) is 0. The highest BCUT2D eigenvalue weighted by atomic mass is 14.4. The number of hydrogen-bond donors (Lipinski definition) is 0. The van der Waals surface area contributed by atoms with E-state index in [1.165, 1.54) is 11.1 Å². The van der Waals surface area contributed by atoms with Crippen LogP contribution in [0.1, 0.15) is 30.5 Å². The molecule has 0 nitrogen and oxygen atoms in total. The van der Waals surface area contributed by atoms with Crippen molar-refractivity contribution in [2.45, 2.75) is 26.2 Å². The van der Waals surface area contributed by atoms with Crippen LogP contribution in [0, 0.1) is 6.92 Å². The van der Waals surface area contributed by atoms with Crippen LogP contribution in [0.5, 0.6) is 0 Å². The van der Waals surface area contributed by atoms with E-state index in [0.29, 0.717) is 5.41 Å². The van der Waals surface area contributed by atoms with Gasteiger partial charge in [-0.05, 0) is 23.6 Å². The molecule has 1 aliphatic rings. The molecule has 0 saturated heterocycles. The molecular formula is C10H12. The zero-order valence-electron chi connectivity index (χ0n) is 6.73. The molecule has 0 atom stereocenters. The number of fused-ring (bicyclic) bond motifs is 1. The Morgan fingerprint density at radius 2 is 1.90 bits per heavy atom. The van der Waals surface area contributed by atoms with Gasteiger partial charge >= 0.3 is 0 Å². The van der Waals surface area contributed by atoms with Crippen LogP contribution < -0.4 is 0 Å². The van der Waals surface area contributed by atoms with Crippen LogP contribution in [-0.4, -0.2) is 0 Å². The summed E-state index contributed by atoms with van der Waals surface area (Å²) >= 11 is 0. The van der Waals surface area contributed by atoms with Gasteiger partial charge in [-0.2, -0.15) is 0 Å². The van der Waals surface area contributed by atoms with Crippen molar-refractivity contribution in [3.05, 3.63) is 34.9 Å². The first-order valence-electron chi connectivity index (χ1n) is 3.74. The van der Waals surface area contributed by atoms with Crippen LogP contribution in [-0.2, 0) is 5.41 Å². The summed E-state index contributed by atoms with van der Waals surface area (Å²) in [5.41, 5.74) is 4.94. The Morgan fingerprint density at radius 1 is 1.20 bits per heavy atom. The maximum atomic E-state index is 2.28. The van der Waals surface area contributed by atoms with Gasteiger partial charge in [-0.3, -0.25) is 0 Å². The Hall–Kier alpha value is -0.780. The Kier molecular flexibility index (Phi) is 0.862. The van der Waals surface area contributed by atoms with Crippen LogP contribution >= 0.6 is 0 Å². The largest absolute Gasteiger partial charge is 0.0617 e. The second kappa shape index (κ2) is 1.45. The maximum Gasteiger partial charge on any atom is 0.0155 e. The fourth-order valence-electron chi connectivity index (χ4n) is 1.87. The summed E-state index contributed by atoms with van der Waals surface area (Å²) in [7, 11) is 0. The van der Waals surface area contributed by atoms with E-state index in [2.05, 4.69) is 39.0 Å². The third-order valence-corrected chi connectivity index (χ3v) is 2.51. The highest BCUT2D eigenvalue weighted by molar-refractivity contribution is 5.61. The van der Waals surface area contributed by atoms with E-state index >= 15 is 0 Å². The highest BCUT2D eigenvalue weighted by Gasteiger charge is 2.41. The summed E-state index contributed by atoms with van der Waals surface area (Å²) in [6.45, 7) is 6.75. The average molecular weight is 132 g/mol. The first kappa shape index (κ1) is 5.96. The van der Waals surface area contributed by atoms with Crippen LogP contribution in [0.25, 0.3) is 0 Å². The normalized spacial score (nSPS) is 18.3. The van der Waals surface area contributed by atoms with E-state index in [9.17, 15) is 0 Å². The molecule has 0 fully saturated rings. The molecule has 2 rings (SSSR count). The molecule has 0 radical (unpaired) electrons. The lowest BCUT2D eigenvalue weighted by Gasteiger charge is -1.95. The van der Waals surface area contributed by atoms with E-state index in [1.54, 1.807) is 5.56 Å². The van der Waals surface area contributed by atoms with Crippen LogP contribution in [0.3, 0.4) is 0 Å². The van der Waals surface area contributed by atoms with Crippen LogP contribution in [0.15, 0.2) is 18.2 Å². The molecule has 0 aliphatic heterocycles. The first-order chi connectivity index (χ1) is 4.64. The van der Waals surface area contributed by atoms with E-state index in [-0.39, 0.29) is 0 Å². The van der Waals surface area contributed by atoms with Gasteiger partial charge in [0.05, 0.1) is 0 Å². The van der Waals surface area contributed by atoms with E-state index < -0.39 is 0 Å². The minimum atomic E-state index is 0.396. The fraction of sp³-hybridized carbons (Fsp3) is 0.400. The lowest BCUT2D eigenvalue weighted by atomic mass is 10.1. The number of rotatable bonds is 0. The Balaban J connectivity index is 2.63. The van der Waals surface area contributed by atoms with Crippen molar-refractivity contribution in [3.63, 3.8) is 0 Å². The molecule has 0 unspecified atom stereocenters. The molecule has 0 bridgehead atoms. The van der Waals surface area contributed by atoms with Crippen molar-refractivity contribution in [1.82, 2.24) is 0 Å². The molecule has 0 saturated carbocycles. The first-order valence-corrected chi connectivity index (χ1v) is 3.74. The van der Waals surface area contributed by atoms with E-state index in [0.717, 1.165) is 0 Å². The van der Waals surface area contributed by atoms with E-state index in [1.807, 2.05) is 0 Å². The van der Waals surface area contributed by atoms with Gasteiger partial charge < -0.3 is 0 Å². The standard InChI is InChI=1S/C10H12/c1-7-5-4-6-8-9(7)10(8,2)3/h4-6H,1-3H3. The predicted molar refractivity (Wildman–Crippen MR) is 43.3 cm³/mol. The van der Waals surface area contributed by atoms with Gasteiger partial charge in [-0.15, -0.1) is 0 Å². The van der Waals surface area contributed by atoms with Crippen molar-refractivity contribution in [2.24, 2.45) is 0 Å². The average Bonchev–Trinajstić information content (AvgIpc) is 2.38. The lowest BCUT2D eigenvalue weighted by Crippen LogP contribution is -1.90. The molecule has 0 amide bonds. The lowest BCUT2D eigenvalue weighted by molar-refractivity contribution is 0.790. The quantitative estimate of drug-likeness (QED) is 0.509. The molecule has 10 heavy (non-hydrogen) atoms. The van der Waals surface area contributed by atoms with Crippen molar-refractivity contribution in [3.8, 4) is 0 Å². The second-order valence-electron chi connectivity index (χ2n) is 3.62. The van der Waals surface area contributed by atoms with Crippen LogP contribution in [0.4, 0.5) is 0 Å². The minimum Gasteiger partial charge on any atom is -0.0617 e. The maximum absolute atomic E-state index is 2.28. The Bertz CT molecular complexity index is 282. The fourth-order valence-corrected chi connectivity index (χ4v) is 1.87. The predicted octanol–water partition coefficient (Wildman–Crippen LogP) is 2.63. The molecule has 0 heteroatoms. The molecule has 0 spiro atoms. The SMILES string of the molecule is Cc1cccc2c1C2(C)C. The van der Waals surface area contributed by atoms with Gasteiger partial charge in [-0.25, -0.2) is 0 Å². The van der Waals surface area contributed by atoms with Crippen molar-refractivity contribution >= 4 is 0 Å². The molecule has 1 aromatic carbocycles. The Morgan fingerprint density at radius 3 is 2.40 bits per heavy atom. The zero-order valence-corrected chi connectivity index (χ0v) is 6.73. The third kappa shape index (κ3) is 0.518. The molecule has 0 aromatic heterocycles. The highest BCUT2D eigenvalue weighted by Crippen LogP contribution is 2.50. The summed E-state index contributed by atoms with van der Waals surface area (Å²) in [5.74, 6) is 0. The zero-order chi connectivity index (χ0) is 7.35. The molecular weight excluding hydrogens is 120 g/mol. The Labute approximate surface area is 61.9 Å². The van der Waals surface area contributed by atoms with Gasteiger partial charge in [-0.1, -0.05) is 32.0 Å². The number of aryl methyl sites for hydroxylation is 1. The number of benzene rings is 1. The monoisotopic (exact) mass is 132 g/mol. The third-order valence-electron chi connectivity index (χ3n) is 2.51. The van der Waals surface area contributed by atoms with Gasteiger partial charge in [0.1, 0.15) is 0 Å². The van der Waals surface area contributed by atoms with Crippen LogP contribution in [0.2, 0.25) is 0 Å². The molecule has 0 N–H and O–H groups in total. The van der Waals surface area contributed by atoms with Gasteiger partial charge in [0.15, 0.2) is 0 Å². The van der Waals surface area contributed by atoms with Gasteiger partial charge in [0, 0.05) is 5.41 Å². The smallest absolute Gasteiger partial charge is 0.0155 e. The van der Waals surface area contributed by atoms with Gasteiger partial charge in [0.2, 0.25) is 0 Å².